The smallest absolute Gasteiger partial charge is 0.481 e. The first-order valence-electron chi connectivity index (χ1n) is 10.6. The minimum Gasteiger partial charge on any atom is -0.481 e. The third kappa shape index (κ3) is 9.15. The molecule has 8 nitrogen and oxygen atoms in total. The summed E-state index contributed by atoms with van der Waals surface area (Å²) in [5.41, 5.74) is 1.00. The molecule has 3 unspecified atom stereocenters. The number of aliphatic hydroxyl groups is 2. The summed E-state index contributed by atoms with van der Waals surface area (Å²) in [6.45, 7) is 0.243. The largest absolute Gasteiger partial charge is 0.615 e. The number of ether oxygens (including phenoxy) is 1. The molecular weight excluding hydrogens is 421 g/mol. The molecule has 1 saturated carbocycles. The maximum absolute atomic E-state index is 12.4. The summed E-state index contributed by atoms with van der Waals surface area (Å²) in [6, 6.07) is 9.61. The fraction of sp³-hybridized carbons (Fsp3) is 0.591. The van der Waals surface area contributed by atoms with Gasteiger partial charge in [-0.3, -0.25) is 4.79 Å². The molecule has 0 saturated heterocycles. The Kier molecular flexibility index (Phi) is 11.3. The van der Waals surface area contributed by atoms with Crippen molar-refractivity contribution in [3.8, 4) is 0 Å². The van der Waals surface area contributed by atoms with Gasteiger partial charge in [-0.1, -0.05) is 52.1 Å². The Morgan fingerprint density at radius 3 is 2.61 bits per heavy atom. The second-order valence-corrected chi connectivity index (χ2v) is 8.81. The number of rotatable bonds is 14. The number of allylic oxidation sites excluding steroid dienone is 2. The highest BCUT2D eigenvalue weighted by Crippen LogP contribution is 2.36. The second kappa shape index (κ2) is 13.7. The first-order chi connectivity index (χ1) is 14.9. The maximum atomic E-state index is 12.4. The van der Waals surface area contributed by atoms with Crippen LogP contribution in [-0.4, -0.2) is 53.4 Å². The summed E-state index contributed by atoms with van der Waals surface area (Å²) in [4.78, 5) is 10.5. The minimum atomic E-state index is -2.21. The molecule has 0 spiro atoms. The Labute approximate surface area is 184 Å². The molecule has 1 aliphatic rings. The molecule has 2 rings (SSSR count). The van der Waals surface area contributed by atoms with E-state index < -0.39 is 32.6 Å². The first-order valence-corrected chi connectivity index (χ1v) is 11.8. The number of aliphatic carboxylic acids is 1. The fourth-order valence-corrected chi connectivity index (χ4v) is 4.63. The number of carboxylic acids is 1. The number of carbonyl (C=O) groups is 1. The van der Waals surface area contributed by atoms with Crippen LogP contribution in [0.15, 0.2) is 42.5 Å². The van der Waals surface area contributed by atoms with Gasteiger partial charge in [-0.15, -0.1) is 0 Å². The van der Waals surface area contributed by atoms with Crippen molar-refractivity contribution in [3.05, 3.63) is 48.0 Å². The lowest BCUT2D eigenvalue weighted by molar-refractivity contribution is -0.137. The Morgan fingerprint density at radius 2 is 1.94 bits per heavy atom. The van der Waals surface area contributed by atoms with E-state index in [1.807, 2.05) is 42.5 Å². The Balaban J connectivity index is 1.79. The lowest BCUT2D eigenvalue weighted by atomic mass is 9.90. The zero-order chi connectivity index (χ0) is 22.6. The molecular formula is C22H33NO7P+. The van der Waals surface area contributed by atoms with E-state index in [9.17, 15) is 19.6 Å². The monoisotopic (exact) mass is 454 g/mol. The zero-order valence-corrected chi connectivity index (χ0v) is 18.7. The Bertz CT molecular complexity index is 715. The highest BCUT2D eigenvalue weighted by molar-refractivity contribution is 7.36. The van der Waals surface area contributed by atoms with Gasteiger partial charge in [0.05, 0.1) is 12.2 Å². The third-order valence-electron chi connectivity index (χ3n) is 5.54. The maximum Gasteiger partial charge on any atom is 0.615 e. The number of hydrogen-bond donors (Lipinski definition) is 4. The molecule has 9 heteroatoms. The van der Waals surface area contributed by atoms with Gasteiger partial charge in [-0.05, 0) is 41.7 Å². The third-order valence-corrected chi connectivity index (χ3v) is 6.40. The predicted octanol–water partition coefficient (Wildman–Crippen LogP) is 3.02. The summed E-state index contributed by atoms with van der Waals surface area (Å²) in [5, 5.41) is 32.1. The molecule has 172 valence electrons. The molecule has 0 heterocycles. The van der Waals surface area contributed by atoms with Crippen LogP contribution in [0.4, 0.5) is 0 Å². The van der Waals surface area contributed by atoms with Gasteiger partial charge >= 0.3 is 14.1 Å². The van der Waals surface area contributed by atoms with E-state index in [2.05, 4.69) is 5.09 Å². The van der Waals surface area contributed by atoms with Crippen molar-refractivity contribution in [2.24, 2.45) is 11.8 Å². The summed E-state index contributed by atoms with van der Waals surface area (Å²) in [5.74, 6) is -1.26. The van der Waals surface area contributed by atoms with E-state index in [-0.39, 0.29) is 31.2 Å². The van der Waals surface area contributed by atoms with Gasteiger partial charge in [0.2, 0.25) is 6.29 Å². The lowest BCUT2D eigenvalue weighted by Crippen LogP contribution is -2.31. The fourth-order valence-electron chi connectivity index (χ4n) is 3.82. The normalized spacial score (nSPS) is 25.1. The summed E-state index contributed by atoms with van der Waals surface area (Å²) < 4.78 is 23.1. The van der Waals surface area contributed by atoms with Crippen LogP contribution >= 0.6 is 8.18 Å². The van der Waals surface area contributed by atoms with Gasteiger partial charge < -0.3 is 20.1 Å². The highest BCUT2D eigenvalue weighted by Gasteiger charge is 2.42. The van der Waals surface area contributed by atoms with Gasteiger partial charge in [0.15, 0.2) is 0 Å². The first kappa shape index (κ1) is 25.6. The average Bonchev–Trinajstić information content (AvgIpc) is 3.01. The van der Waals surface area contributed by atoms with Crippen molar-refractivity contribution in [1.29, 1.82) is 0 Å². The van der Waals surface area contributed by atoms with Crippen molar-refractivity contribution < 1.29 is 33.9 Å². The SMILES string of the molecule is COC(Cc1ccccc1)O[P+](=O)NC[C@@H]1C(CC=CCCCC(=O)O)[C@@H](O)C[C@H]1O. The summed E-state index contributed by atoms with van der Waals surface area (Å²) in [7, 11) is -0.716. The summed E-state index contributed by atoms with van der Waals surface area (Å²) in [6.07, 6.45) is 4.45. The summed E-state index contributed by atoms with van der Waals surface area (Å²) >= 11 is 0. The van der Waals surface area contributed by atoms with Crippen LogP contribution in [0.1, 0.15) is 37.7 Å². The minimum absolute atomic E-state index is 0.126. The van der Waals surface area contributed by atoms with Crippen LogP contribution in [0, 0.1) is 11.8 Å². The van der Waals surface area contributed by atoms with E-state index in [0.717, 1.165) is 5.56 Å². The average molecular weight is 454 g/mol. The number of nitrogens with one attached hydrogen (secondary N) is 1. The van der Waals surface area contributed by atoms with Crippen LogP contribution in [0.5, 0.6) is 0 Å². The van der Waals surface area contributed by atoms with Crippen molar-refractivity contribution in [2.45, 2.75) is 57.0 Å². The molecule has 1 aliphatic carbocycles. The zero-order valence-electron chi connectivity index (χ0n) is 17.8. The standard InChI is InChI=1S/C22H32NO7P/c1-29-22(13-16-9-5-4-6-10-16)30-31(28)23-15-18-17(19(24)14-20(18)25)11-7-2-3-8-12-21(26)27/h2,4-7,9-10,17-20,22,24-25H,3,8,11-15H2,1H3,(H-,23,26,27,28)/p+1/t17?,18-,19+,20-,22?/m1/s1. The van der Waals surface area contributed by atoms with Crippen LogP contribution in [0.3, 0.4) is 0 Å². The predicted molar refractivity (Wildman–Crippen MR) is 116 cm³/mol. The molecule has 1 aromatic carbocycles. The van der Waals surface area contributed by atoms with Gasteiger partial charge in [-0.25, -0.2) is 0 Å². The van der Waals surface area contributed by atoms with Crippen molar-refractivity contribution in [2.75, 3.05) is 13.7 Å². The Hall–Kier alpha value is -1.67. The van der Waals surface area contributed by atoms with E-state index in [1.54, 1.807) is 0 Å². The highest BCUT2D eigenvalue weighted by atomic mass is 31.1. The second-order valence-electron chi connectivity index (χ2n) is 7.77. The van der Waals surface area contributed by atoms with Crippen LogP contribution in [-0.2, 0) is 25.0 Å². The molecule has 0 aromatic heterocycles. The van der Waals surface area contributed by atoms with Gasteiger partial charge in [0, 0.05) is 32.4 Å². The molecule has 1 fully saturated rings. The Morgan fingerprint density at radius 1 is 1.23 bits per heavy atom. The number of hydrogen-bond acceptors (Lipinski definition) is 6. The molecule has 31 heavy (non-hydrogen) atoms. The van der Waals surface area contributed by atoms with E-state index in [4.69, 9.17) is 14.4 Å². The molecule has 0 radical (unpaired) electrons. The number of benzene rings is 1. The van der Waals surface area contributed by atoms with Gasteiger partial charge in [-0.2, -0.15) is 0 Å². The number of aliphatic hydroxyl groups excluding tert-OH is 2. The van der Waals surface area contributed by atoms with Crippen molar-refractivity contribution >= 4 is 14.1 Å². The van der Waals surface area contributed by atoms with Crippen molar-refractivity contribution in [3.63, 3.8) is 0 Å². The molecule has 6 atom stereocenters. The molecule has 1 aromatic rings. The topological polar surface area (TPSA) is 125 Å². The number of methoxy groups -OCH3 is 1. The number of unbranched alkanes of at least 4 members (excludes halogenated alkanes) is 1. The molecule has 0 bridgehead atoms. The lowest BCUT2D eigenvalue weighted by Gasteiger charge is -2.20. The van der Waals surface area contributed by atoms with Crippen LogP contribution in [0.25, 0.3) is 0 Å². The molecule has 4 N–H and O–H groups in total. The van der Waals surface area contributed by atoms with Crippen LogP contribution in [0.2, 0.25) is 0 Å². The van der Waals surface area contributed by atoms with Crippen molar-refractivity contribution in [1.82, 2.24) is 5.09 Å². The van der Waals surface area contributed by atoms with Crippen LogP contribution < -0.4 is 5.09 Å². The van der Waals surface area contributed by atoms with Gasteiger partial charge in [0.25, 0.3) is 0 Å². The van der Waals surface area contributed by atoms with Gasteiger partial charge in [0.1, 0.15) is 0 Å². The van der Waals surface area contributed by atoms with E-state index >= 15 is 0 Å². The van der Waals surface area contributed by atoms with E-state index in [0.29, 0.717) is 25.7 Å². The quantitative estimate of drug-likeness (QED) is 0.146. The van der Waals surface area contributed by atoms with E-state index in [1.165, 1.54) is 7.11 Å². The molecule has 0 amide bonds. The molecule has 0 aliphatic heterocycles. The number of carboxylic acid groups (broad SMARTS) is 1.